The van der Waals surface area contributed by atoms with Crippen LogP contribution >= 0.6 is 11.6 Å². The molecule has 1 fully saturated rings. The molecule has 0 bridgehead atoms. The molecule has 20 heavy (non-hydrogen) atoms. The van der Waals surface area contributed by atoms with Gasteiger partial charge in [0.1, 0.15) is 0 Å². The second-order valence-corrected chi connectivity index (χ2v) is 5.18. The minimum atomic E-state index is -4.15. The molecule has 1 aliphatic rings. The van der Waals surface area contributed by atoms with Gasteiger partial charge in [0.25, 0.3) is 0 Å². The van der Waals surface area contributed by atoms with Gasteiger partial charge in [-0.2, -0.15) is 13.2 Å². The van der Waals surface area contributed by atoms with Crippen LogP contribution in [0.5, 0.6) is 0 Å². The van der Waals surface area contributed by atoms with Crippen molar-refractivity contribution in [3.05, 3.63) is 28.8 Å². The van der Waals surface area contributed by atoms with Gasteiger partial charge in [-0.3, -0.25) is 0 Å². The summed E-state index contributed by atoms with van der Waals surface area (Å²) in [6, 6.07) is 4.26. The van der Waals surface area contributed by atoms with Gasteiger partial charge < -0.3 is 10.0 Å². The van der Waals surface area contributed by atoms with Crippen molar-refractivity contribution in [2.24, 2.45) is 5.92 Å². The molecule has 1 saturated heterocycles. The van der Waals surface area contributed by atoms with Gasteiger partial charge in [0.2, 0.25) is 0 Å². The highest BCUT2D eigenvalue weighted by Gasteiger charge is 2.41. The summed E-state index contributed by atoms with van der Waals surface area (Å²) in [6.45, 7) is 0.520. The summed E-state index contributed by atoms with van der Waals surface area (Å²) in [5.41, 5.74) is 0.640. The fraction of sp³-hybridized carbons (Fsp3) is 0.462. The smallest absolute Gasteiger partial charge is 0.391 e. The largest absolute Gasteiger partial charge is 0.478 e. The maximum atomic E-state index is 12.6. The minimum absolute atomic E-state index is 0.0283. The first kappa shape index (κ1) is 15.0. The van der Waals surface area contributed by atoms with Gasteiger partial charge in [0, 0.05) is 13.1 Å². The zero-order valence-electron chi connectivity index (χ0n) is 10.5. The van der Waals surface area contributed by atoms with Crippen molar-refractivity contribution in [1.82, 2.24) is 0 Å². The number of aromatic carboxylic acids is 1. The summed E-state index contributed by atoms with van der Waals surface area (Å²) in [4.78, 5) is 12.6. The molecule has 0 aliphatic carbocycles. The summed E-state index contributed by atoms with van der Waals surface area (Å²) in [5, 5.41) is 9.08. The summed E-state index contributed by atoms with van der Waals surface area (Å²) in [5.74, 6) is -2.36. The number of benzene rings is 1. The molecule has 0 unspecified atom stereocenters. The first-order valence-corrected chi connectivity index (χ1v) is 6.51. The molecular formula is C13H13ClF3NO2. The lowest BCUT2D eigenvalue weighted by atomic mass is 9.96. The molecular weight excluding hydrogens is 295 g/mol. The van der Waals surface area contributed by atoms with Gasteiger partial charge in [-0.25, -0.2) is 4.79 Å². The molecule has 1 aromatic carbocycles. The summed E-state index contributed by atoms with van der Waals surface area (Å²) in [7, 11) is 0. The van der Waals surface area contributed by atoms with Crippen LogP contribution in [0.25, 0.3) is 0 Å². The number of carboxylic acid groups (broad SMARTS) is 1. The number of hydrogen-bond acceptors (Lipinski definition) is 2. The first-order chi connectivity index (χ1) is 9.29. The highest BCUT2D eigenvalue weighted by atomic mass is 35.5. The normalized spacial score (nSPS) is 17.3. The summed E-state index contributed by atoms with van der Waals surface area (Å²) in [6.07, 6.45) is -4.09. The fourth-order valence-corrected chi connectivity index (χ4v) is 2.64. The van der Waals surface area contributed by atoms with Crippen LogP contribution in [0.3, 0.4) is 0 Å². The Bertz CT molecular complexity index is 511. The average Bonchev–Trinajstić information content (AvgIpc) is 2.37. The maximum absolute atomic E-state index is 12.6. The topological polar surface area (TPSA) is 40.5 Å². The van der Waals surface area contributed by atoms with Crippen molar-refractivity contribution >= 4 is 23.3 Å². The van der Waals surface area contributed by atoms with E-state index in [-0.39, 0.29) is 36.5 Å². The lowest BCUT2D eigenvalue weighted by molar-refractivity contribution is -0.179. The Hall–Kier alpha value is -1.43. The van der Waals surface area contributed by atoms with Gasteiger partial charge in [0.15, 0.2) is 0 Å². The molecule has 0 saturated carbocycles. The number of carbonyl (C=O) groups is 1. The van der Waals surface area contributed by atoms with Gasteiger partial charge >= 0.3 is 12.1 Å². The molecule has 0 amide bonds. The lowest BCUT2D eigenvalue weighted by Gasteiger charge is -2.34. The zero-order valence-corrected chi connectivity index (χ0v) is 11.2. The Morgan fingerprint density at radius 1 is 1.30 bits per heavy atom. The number of anilines is 1. The second-order valence-electron chi connectivity index (χ2n) is 4.77. The van der Waals surface area contributed by atoms with Crippen molar-refractivity contribution in [2.45, 2.75) is 19.0 Å². The fourth-order valence-electron chi connectivity index (χ4n) is 2.34. The molecule has 3 nitrogen and oxygen atoms in total. The summed E-state index contributed by atoms with van der Waals surface area (Å²) < 4.78 is 37.7. The number of halogens is 4. The SMILES string of the molecule is O=C(O)c1ccc(N2CCC(C(F)(F)F)CC2)c(Cl)c1. The Labute approximate surface area is 118 Å². The molecule has 1 aliphatic heterocycles. The highest BCUT2D eigenvalue weighted by molar-refractivity contribution is 6.33. The van der Waals surface area contributed by atoms with Crippen molar-refractivity contribution in [2.75, 3.05) is 18.0 Å². The van der Waals surface area contributed by atoms with Gasteiger partial charge in [0.05, 0.1) is 22.2 Å². The van der Waals surface area contributed by atoms with Crippen molar-refractivity contribution in [3.8, 4) is 0 Å². The van der Waals surface area contributed by atoms with Crippen molar-refractivity contribution in [3.63, 3.8) is 0 Å². The number of carboxylic acids is 1. The zero-order chi connectivity index (χ0) is 14.9. The molecule has 0 aromatic heterocycles. The van der Waals surface area contributed by atoms with Crippen LogP contribution in [-0.2, 0) is 0 Å². The molecule has 110 valence electrons. The third-order valence-electron chi connectivity index (χ3n) is 3.49. The van der Waals surface area contributed by atoms with Crippen LogP contribution in [0.15, 0.2) is 18.2 Å². The van der Waals surface area contributed by atoms with Crippen LogP contribution < -0.4 is 4.90 Å². The number of piperidine rings is 1. The number of hydrogen-bond donors (Lipinski definition) is 1. The molecule has 2 rings (SSSR count). The van der Waals surface area contributed by atoms with E-state index in [4.69, 9.17) is 16.7 Å². The van der Waals surface area contributed by atoms with E-state index in [9.17, 15) is 18.0 Å². The predicted octanol–water partition coefficient (Wildman–Crippen LogP) is 3.82. The van der Waals surface area contributed by atoms with E-state index in [0.717, 1.165) is 0 Å². The Morgan fingerprint density at radius 2 is 1.90 bits per heavy atom. The Kier molecular flexibility index (Phi) is 4.13. The molecule has 1 aromatic rings. The Morgan fingerprint density at radius 3 is 2.35 bits per heavy atom. The van der Waals surface area contributed by atoms with Gasteiger partial charge in [-0.1, -0.05) is 11.6 Å². The van der Waals surface area contributed by atoms with Crippen LogP contribution in [0, 0.1) is 5.92 Å². The number of nitrogens with zero attached hydrogens (tertiary/aromatic N) is 1. The van der Waals surface area contributed by atoms with Gasteiger partial charge in [-0.05, 0) is 31.0 Å². The molecule has 1 heterocycles. The summed E-state index contributed by atoms with van der Waals surface area (Å²) >= 11 is 6.01. The van der Waals surface area contributed by atoms with E-state index in [0.29, 0.717) is 5.69 Å². The maximum Gasteiger partial charge on any atom is 0.391 e. The van der Waals surface area contributed by atoms with Gasteiger partial charge in [-0.15, -0.1) is 0 Å². The van der Waals surface area contributed by atoms with Crippen molar-refractivity contribution in [1.29, 1.82) is 0 Å². The van der Waals surface area contributed by atoms with E-state index in [1.165, 1.54) is 12.1 Å². The van der Waals surface area contributed by atoms with E-state index < -0.39 is 18.1 Å². The van der Waals surface area contributed by atoms with Crippen molar-refractivity contribution < 1.29 is 23.1 Å². The molecule has 7 heteroatoms. The van der Waals surface area contributed by atoms with Crippen LogP contribution in [-0.4, -0.2) is 30.3 Å². The van der Waals surface area contributed by atoms with Crippen LogP contribution in [0.4, 0.5) is 18.9 Å². The third-order valence-corrected chi connectivity index (χ3v) is 3.80. The monoisotopic (exact) mass is 307 g/mol. The van der Waals surface area contributed by atoms with Crippen LogP contribution in [0.2, 0.25) is 5.02 Å². The van der Waals surface area contributed by atoms with E-state index in [2.05, 4.69) is 0 Å². The van der Waals surface area contributed by atoms with E-state index in [1.807, 2.05) is 0 Å². The predicted molar refractivity (Wildman–Crippen MR) is 69.4 cm³/mol. The van der Waals surface area contributed by atoms with Crippen LogP contribution in [0.1, 0.15) is 23.2 Å². The lowest BCUT2D eigenvalue weighted by Crippen LogP contribution is -2.39. The molecule has 0 spiro atoms. The Balaban J connectivity index is 2.09. The third kappa shape index (κ3) is 3.17. The number of alkyl halides is 3. The standard InChI is InChI=1S/C13H13ClF3NO2/c14-10-7-8(12(19)20)1-2-11(10)18-5-3-9(4-6-18)13(15,16)17/h1-2,7,9H,3-6H2,(H,19,20). The molecule has 1 N–H and O–H groups in total. The highest BCUT2D eigenvalue weighted by Crippen LogP contribution is 2.37. The average molecular weight is 308 g/mol. The quantitative estimate of drug-likeness (QED) is 0.903. The van der Waals surface area contributed by atoms with E-state index >= 15 is 0 Å². The first-order valence-electron chi connectivity index (χ1n) is 6.13. The number of rotatable bonds is 2. The minimum Gasteiger partial charge on any atom is -0.478 e. The molecule has 0 radical (unpaired) electrons. The second kappa shape index (κ2) is 5.52. The van der Waals surface area contributed by atoms with E-state index in [1.54, 1.807) is 11.0 Å². The molecule has 0 atom stereocenters.